The SMILES string of the molecule is OC[C@H]1O[C@@H](c2ccc(Cl)c(Cc3ccc(OCC4Cc5ccc(F)cc5O4)c(F)c3)c2)[C@H](O)[C@@H](O)[C@@H]1O. The van der Waals surface area contributed by atoms with Crippen LogP contribution in [-0.4, -0.2) is 64.2 Å². The number of halogens is 3. The van der Waals surface area contributed by atoms with Crippen molar-refractivity contribution in [3.05, 3.63) is 93.5 Å². The maximum absolute atomic E-state index is 14.8. The first kappa shape index (κ1) is 26.8. The first-order valence-corrected chi connectivity index (χ1v) is 12.6. The number of hydrogen-bond acceptors (Lipinski definition) is 7. The fourth-order valence-corrected chi connectivity index (χ4v) is 5.01. The standard InChI is InChI=1S/C28H27ClF2O7/c29-20-5-3-16(28-27(35)26(34)25(33)24(12-32)38-28)9-17(20)7-14-1-6-22(21(31)8-14)36-13-19-10-15-2-4-18(30)11-23(15)37-19/h1-6,8-9,11,19,24-28,32-35H,7,10,12-13H2/t19?,24-,25-,26+,27-,28+/m1/s1. The summed E-state index contributed by atoms with van der Waals surface area (Å²) in [6.45, 7) is -0.437. The van der Waals surface area contributed by atoms with Crippen LogP contribution in [0, 0.1) is 11.6 Å². The summed E-state index contributed by atoms with van der Waals surface area (Å²) in [5.74, 6) is -0.422. The smallest absolute Gasteiger partial charge is 0.165 e. The minimum atomic E-state index is -1.50. The van der Waals surface area contributed by atoms with E-state index in [4.69, 9.17) is 25.8 Å². The molecule has 0 aliphatic carbocycles. The molecule has 0 radical (unpaired) electrons. The Kier molecular flexibility index (Phi) is 7.85. The van der Waals surface area contributed by atoms with Crippen molar-refractivity contribution in [2.45, 2.75) is 49.5 Å². The van der Waals surface area contributed by atoms with Crippen molar-refractivity contribution < 1.29 is 43.4 Å². The Morgan fingerprint density at radius 1 is 0.947 bits per heavy atom. The zero-order valence-corrected chi connectivity index (χ0v) is 20.9. The van der Waals surface area contributed by atoms with Gasteiger partial charge in [-0.05, 0) is 52.9 Å². The predicted molar refractivity (Wildman–Crippen MR) is 133 cm³/mol. The zero-order valence-electron chi connectivity index (χ0n) is 20.1. The van der Waals surface area contributed by atoms with Crippen molar-refractivity contribution >= 4 is 11.6 Å². The Hall–Kier alpha value is -2.79. The molecule has 0 amide bonds. The van der Waals surface area contributed by atoms with Crippen LogP contribution in [0.5, 0.6) is 11.5 Å². The van der Waals surface area contributed by atoms with E-state index < -0.39 is 42.9 Å². The Balaban J connectivity index is 1.25. The molecular weight excluding hydrogens is 522 g/mol. The normalized spacial score (nSPS) is 26.6. The maximum Gasteiger partial charge on any atom is 0.165 e. The third-order valence-electron chi connectivity index (χ3n) is 6.88. The summed E-state index contributed by atoms with van der Waals surface area (Å²) in [5.41, 5.74) is 2.60. The second-order valence-electron chi connectivity index (χ2n) is 9.55. The molecule has 10 heteroatoms. The topological polar surface area (TPSA) is 109 Å². The Bertz CT molecular complexity index is 1300. The number of fused-ring (bicyclic) bond motifs is 1. The Morgan fingerprint density at radius 2 is 1.76 bits per heavy atom. The van der Waals surface area contributed by atoms with Crippen molar-refractivity contribution in [1.82, 2.24) is 0 Å². The lowest BCUT2D eigenvalue weighted by Gasteiger charge is -2.40. The largest absolute Gasteiger partial charge is 0.487 e. The highest BCUT2D eigenvalue weighted by atomic mass is 35.5. The zero-order chi connectivity index (χ0) is 27.0. The number of aliphatic hydroxyl groups excluding tert-OH is 4. The first-order valence-electron chi connectivity index (χ1n) is 12.2. The molecule has 38 heavy (non-hydrogen) atoms. The summed E-state index contributed by atoms with van der Waals surface area (Å²) >= 11 is 6.38. The third-order valence-corrected chi connectivity index (χ3v) is 7.25. The van der Waals surface area contributed by atoms with Gasteiger partial charge in [0.25, 0.3) is 0 Å². The monoisotopic (exact) mass is 548 g/mol. The van der Waals surface area contributed by atoms with Gasteiger partial charge in [0.05, 0.1) is 6.61 Å². The first-order chi connectivity index (χ1) is 18.2. The molecule has 6 atom stereocenters. The minimum Gasteiger partial charge on any atom is -0.487 e. The summed E-state index contributed by atoms with van der Waals surface area (Å²) in [6.07, 6.45) is -5.98. The van der Waals surface area contributed by atoms with E-state index in [-0.39, 0.29) is 30.7 Å². The third kappa shape index (κ3) is 5.49. The molecule has 0 spiro atoms. The summed E-state index contributed by atoms with van der Waals surface area (Å²) in [5, 5.41) is 40.5. The quantitative estimate of drug-likeness (QED) is 0.359. The molecule has 1 unspecified atom stereocenters. The van der Waals surface area contributed by atoms with E-state index in [0.717, 1.165) is 5.56 Å². The second-order valence-corrected chi connectivity index (χ2v) is 9.96. The Labute approximate surface area is 222 Å². The molecule has 0 bridgehead atoms. The van der Waals surface area contributed by atoms with Gasteiger partial charge in [0.2, 0.25) is 0 Å². The van der Waals surface area contributed by atoms with Crippen LogP contribution in [-0.2, 0) is 17.6 Å². The lowest BCUT2D eigenvalue weighted by molar-refractivity contribution is -0.231. The van der Waals surface area contributed by atoms with Gasteiger partial charge in [-0.1, -0.05) is 35.9 Å². The van der Waals surface area contributed by atoms with Gasteiger partial charge in [-0.15, -0.1) is 0 Å². The van der Waals surface area contributed by atoms with Crippen LogP contribution in [0.2, 0.25) is 5.02 Å². The van der Waals surface area contributed by atoms with Gasteiger partial charge in [-0.25, -0.2) is 8.78 Å². The summed E-state index contributed by atoms with van der Waals surface area (Å²) in [6, 6.07) is 13.8. The highest BCUT2D eigenvalue weighted by Gasteiger charge is 2.44. The van der Waals surface area contributed by atoms with Crippen molar-refractivity contribution in [2.75, 3.05) is 13.2 Å². The molecule has 2 aliphatic rings. The molecule has 0 aromatic heterocycles. The van der Waals surface area contributed by atoms with E-state index in [9.17, 15) is 29.2 Å². The van der Waals surface area contributed by atoms with E-state index in [1.165, 1.54) is 24.3 Å². The fraction of sp³-hybridized carbons (Fsp3) is 0.357. The maximum atomic E-state index is 14.8. The van der Waals surface area contributed by atoms with Gasteiger partial charge in [0.15, 0.2) is 11.6 Å². The molecule has 3 aromatic carbocycles. The molecule has 4 N–H and O–H groups in total. The van der Waals surface area contributed by atoms with Crippen LogP contribution in [0.25, 0.3) is 0 Å². The van der Waals surface area contributed by atoms with Crippen molar-refractivity contribution in [1.29, 1.82) is 0 Å². The molecule has 7 nitrogen and oxygen atoms in total. The Morgan fingerprint density at radius 3 is 2.53 bits per heavy atom. The van der Waals surface area contributed by atoms with Gasteiger partial charge < -0.3 is 34.6 Å². The van der Waals surface area contributed by atoms with Crippen LogP contribution in [0.4, 0.5) is 8.78 Å². The lowest BCUT2D eigenvalue weighted by atomic mass is 9.90. The molecule has 0 saturated carbocycles. The molecule has 1 fully saturated rings. The molecule has 202 valence electrons. The number of hydrogen-bond donors (Lipinski definition) is 4. The van der Waals surface area contributed by atoms with E-state index >= 15 is 0 Å². The summed E-state index contributed by atoms with van der Waals surface area (Å²) in [7, 11) is 0. The minimum absolute atomic E-state index is 0.0562. The van der Waals surface area contributed by atoms with E-state index in [1.54, 1.807) is 30.3 Å². The van der Waals surface area contributed by atoms with Crippen LogP contribution >= 0.6 is 11.6 Å². The van der Waals surface area contributed by atoms with Crippen LogP contribution in [0.1, 0.15) is 28.4 Å². The number of ether oxygens (including phenoxy) is 3. The summed E-state index contributed by atoms with van der Waals surface area (Å²) < 4.78 is 45.2. The van der Waals surface area contributed by atoms with Gasteiger partial charge in [-0.3, -0.25) is 0 Å². The predicted octanol–water partition coefficient (Wildman–Crippen LogP) is 3.11. The van der Waals surface area contributed by atoms with E-state index in [1.807, 2.05) is 0 Å². The fourth-order valence-electron chi connectivity index (χ4n) is 4.82. The number of benzene rings is 3. The molecule has 5 rings (SSSR count). The van der Waals surface area contributed by atoms with Gasteiger partial charge in [0, 0.05) is 17.5 Å². The van der Waals surface area contributed by atoms with Gasteiger partial charge in [-0.2, -0.15) is 0 Å². The van der Waals surface area contributed by atoms with Crippen LogP contribution in [0.15, 0.2) is 54.6 Å². The average Bonchev–Trinajstić information content (AvgIpc) is 3.30. The van der Waals surface area contributed by atoms with Gasteiger partial charge >= 0.3 is 0 Å². The number of aliphatic hydroxyl groups is 4. The van der Waals surface area contributed by atoms with E-state index in [2.05, 4.69) is 0 Å². The van der Waals surface area contributed by atoms with Crippen molar-refractivity contribution in [3.63, 3.8) is 0 Å². The van der Waals surface area contributed by atoms with Crippen molar-refractivity contribution in [3.8, 4) is 11.5 Å². The lowest BCUT2D eigenvalue weighted by Crippen LogP contribution is -2.55. The molecule has 1 saturated heterocycles. The molecular formula is C28H27ClF2O7. The molecule has 2 heterocycles. The molecule has 3 aromatic rings. The van der Waals surface area contributed by atoms with Crippen LogP contribution in [0.3, 0.4) is 0 Å². The highest BCUT2D eigenvalue weighted by Crippen LogP contribution is 2.35. The van der Waals surface area contributed by atoms with Crippen LogP contribution < -0.4 is 9.47 Å². The number of rotatable bonds is 7. The van der Waals surface area contributed by atoms with Gasteiger partial charge in [0.1, 0.15) is 54.8 Å². The highest BCUT2D eigenvalue weighted by molar-refractivity contribution is 6.31. The molecule has 2 aliphatic heterocycles. The van der Waals surface area contributed by atoms with Crippen molar-refractivity contribution in [2.24, 2.45) is 0 Å². The second kappa shape index (κ2) is 11.1. The average molecular weight is 549 g/mol. The summed E-state index contributed by atoms with van der Waals surface area (Å²) in [4.78, 5) is 0. The van der Waals surface area contributed by atoms with E-state index in [0.29, 0.717) is 33.9 Å².